The molecule has 25 heavy (non-hydrogen) atoms. The number of aromatic nitrogens is 1. The number of unbranched alkanes of at least 4 members (excludes halogenated alkanes) is 1. The smallest absolute Gasteiger partial charge is 0.193 e. The van der Waals surface area contributed by atoms with Crippen LogP contribution in [0.2, 0.25) is 0 Å². The molecule has 0 unspecified atom stereocenters. The van der Waals surface area contributed by atoms with Gasteiger partial charge in [-0.15, -0.1) is 24.0 Å². The van der Waals surface area contributed by atoms with Crippen molar-refractivity contribution < 1.29 is 0 Å². The van der Waals surface area contributed by atoms with E-state index >= 15 is 0 Å². The van der Waals surface area contributed by atoms with Gasteiger partial charge in [0.2, 0.25) is 0 Å². The third-order valence-corrected chi connectivity index (χ3v) is 5.08. The van der Waals surface area contributed by atoms with Crippen LogP contribution >= 0.6 is 24.0 Å². The van der Waals surface area contributed by atoms with E-state index in [1.165, 1.54) is 51.0 Å². The number of hydrogen-bond acceptors (Lipinski definition) is 2. The molecular formula is C19H36IN5. The Balaban J connectivity index is 0.00000312. The van der Waals surface area contributed by atoms with E-state index in [0.29, 0.717) is 0 Å². The minimum Gasteiger partial charge on any atom is -0.356 e. The van der Waals surface area contributed by atoms with E-state index in [1.807, 2.05) is 7.05 Å². The van der Waals surface area contributed by atoms with Crippen LogP contribution in [0.3, 0.4) is 0 Å². The number of likely N-dealkylation sites (tertiary alicyclic amines) is 1. The highest BCUT2D eigenvalue weighted by Gasteiger charge is 2.14. The van der Waals surface area contributed by atoms with Crippen molar-refractivity contribution in [2.45, 2.75) is 39.2 Å². The van der Waals surface area contributed by atoms with Crippen molar-refractivity contribution in [1.29, 1.82) is 0 Å². The summed E-state index contributed by atoms with van der Waals surface area (Å²) < 4.78 is 2.16. The van der Waals surface area contributed by atoms with E-state index in [2.05, 4.69) is 64.0 Å². The summed E-state index contributed by atoms with van der Waals surface area (Å²) in [6.07, 6.45) is 7.29. The molecule has 0 radical (unpaired) electrons. The second kappa shape index (κ2) is 11.8. The molecule has 0 atom stereocenters. The van der Waals surface area contributed by atoms with Gasteiger partial charge >= 0.3 is 0 Å². The standard InChI is InChI=1S/C19H35N5.HI/c1-17-9-14-24(15-10-17)13-6-5-11-21-19(20-2)23(4)16-18-8-7-12-22(18)3;/h7-8,12,17H,5-6,9-11,13-16H2,1-4H3,(H,20,21);1H. The number of aliphatic imine (C=N–C) groups is 1. The summed E-state index contributed by atoms with van der Waals surface area (Å²) in [5.74, 6) is 1.90. The highest BCUT2D eigenvalue weighted by Crippen LogP contribution is 2.16. The fourth-order valence-electron chi connectivity index (χ4n) is 3.31. The molecule has 0 aliphatic carbocycles. The molecule has 1 fully saturated rings. The Morgan fingerprint density at radius 1 is 1.32 bits per heavy atom. The van der Waals surface area contributed by atoms with Crippen LogP contribution in [0.25, 0.3) is 0 Å². The Hall–Kier alpha value is -0.760. The first-order valence-corrected chi connectivity index (χ1v) is 9.34. The number of rotatable bonds is 7. The molecule has 6 heteroatoms. The first-order chi connectivity index (χ1) is 11.6. The van der Waals surface area contributed by atoms with Gasteiger partial charge in [0.05, 0.1) is 6.54 Å². The van der Waals surface area contributed by atoms with Gasteiger partial charge in [0.1, 0.15) is 0 Å². The third-order valence-electron chi connectivity index (χ3n) is 5.08. The summed E-state index contributed by atoms with van der Waals surface area (Å²) in [7, 11) is 6.04. The van der Waals surface area contributed by atoms with E-state index in [0.717, 1.165) is 25.0 Å². The van der Waals surface area contributed by atoms with Crippen molar-refractivity contribution in [3.05, 3.63) is 24.0 Å². The Labute approximate surface area is 170 Å². The van der Waals surface area contributed by atoms with Gasteiger partial charge in [-0.2, -0.15) is 0 Å². The highest BCUT2D eigenvalue weighted by atomic mass is 127. The van der Waals surface area contributed by atoms with Crippen LogP contribution < -0.4 is 5.32 Å². The largest absolute Gasteiger partial charge is 0.356 e. The van der Waals surface area contributed by atoms with Crippen LogP contribution in [0, 0.1) is 5.92 Å². The quantitative estimate of drug-likeness (QED) is 0.293. The molecule has 0 aromatic carbocycles. The number of aryl methyl sites for hydroxylation is 1. The van der Waals surface area contributed by atoms with E-state index in [-0.39, 0.29) is 24.0 Å². The van der Waals surface area contributed by atoms with Crippen molar-refractivity contribution in [3.63, 3.8) is 0 Å². The number of hydrogen-bond donors (Lipinski definition) is 1. The van der Waals surface area contributed by atoms with Crippen LogP contribution in [-0.4, -0.2) is 60.6 Å². The zero-order valence-electron chi connectivity index (χ0n) is 16.4. The number of guanidine groups is 1. The summed E-state index contributed by atoms with van der Waals surface area (Å²) >= 11 is 0. The molecule has 1 saturated heterocycles. The van der Waals surface area contributed by atoms with Gasteiger partial charge in [0, 0.05) is 39.6 Å². The van der Waals surface area contributed by atoms with E-state index in [4.69, 9.17) is 0 Å². The monoisotopic (exact) mass is 461 g/mol. The van der Waals surface area contributed by atoms with Crippen LogP contribution in [0.4, 0.5) is 0 Å². The van der Waals surface area contributed by atoms with Gasteiger partial charge in [-0.1, -0.05) is 6.92 Å². The second-order valence-corrected chi connectivity index (χ2v) is 7.17. The summed E-state index contributed by atoms with van der Waals surface area (Å²) in [6.45, 7) is 8.06. The van der Waals surface area contributed by atoms with Gasteiger partial charge in [0.25, 0.3) is 0 Å². The molecule has 5 nitrogen and oxygen atoms in total. The number of piperidine rings is 1. The number of nitrogens with one attached hydrogen (secondary N) is 1. The molecule has 1 aliphatic heterocycles. The van der Waals surface area contributed by atoms with E-state index in [1.54, 1.807) is 0 Å². The van der Waals surface area contributed by atoms with Crippen LogP contribution in [0.1, 0.15) is 38.3 Å². The zero-order valence-corrected chi connectivity index (χ0v) is 18.7. The van der Waals surface area contributed by atoms with Crippen molar-refractivity contribution in [2.24, 2.45) is 18.0 Å². The maximum absolute atomic E-state index is 4.41. The summed E-state index contributed by atoms with van der Waals surface area (Å²) in [6, 6.07) is 4.24. The maximum Gasteiger partial charge on any atom is 0.193 e. The predicted octanol–water partition coefficient (Wildman–Crippen LogP) is 3.16. The molecule has 2 heterocycles. The molecule has 0 saturated carbocycles. The normalized spacial score (nSPS) is 16.6. The molecular weight excluding hydrogens is 425 g/mol. The molecule has 0 amide bonds. The first kappa shape index (κ1) is 22.3. The van der Waals surface area contributed by atoms with Crippen molar-refractivity contribution in [3.8, 4) is 0 Å². The average Bonchev–Trinajstić information content (AvgIpc) is 2.97. The fraction of sp³-hybridized carbons (Fsp3) is 0.737. The second-order valence-electron chi connectivity index (χ2n) is 7.17. The van der Waals surface area contributed by atoms with Crippen LogP contribution in [0.15, 0.2) is 23.3 Å². The Morgan fingerprint density at radius 3 is 2.64 bits per heavy atom. The SMILES string of the molecule is CN=C(NCCCCN1CCC(C)CC1)N(C)Cc1cccn1C.I. The lowest BCUT2D eigenvalue weighted by Crippen LogP contribution is -2.39. The fourth-order valence-corrected chi connectivity index (χ4v) is 3.31. The summed E-state index contributed by atoms with van der Waals surface area (Å²) in [5.41, 5.74) is 1.29. The predicted molar refractivity (Wildman–Crippen MR) is 118 cm³/mol. The van der Waals surface area contributed by atoms with E-state index < -0.39 is 0 Å². The Morgan fingerprint density at radius 2 is 2.04 bits per heavy atom. The first-order valence-electron chi connectivity index (χ1n) is 9.34. The van der Waals surface area contributed by atoms with E-state index in [9.17, 15) is 0 Å². The lowest BCUT2D eigenvalue weighted by molar-refractivity contribution is 0.189. The maximum atomic E-state index is 4.41. The van der Waals surface area contributed by atoms with Crippen molar-refractivity contribution in [1.82, 2.24) is 19.7 Å². The van der Waals surface area contributed by atoms with Crippen molar-refractivity contribution >= 4 is 29.9 Å². The molecule has 0 spiro atoms. The van der Waals surface area contributed by atoms with Crippen molar-refractivity contribution in [2.75, 3.05) is 40.3 Å². The lowest BCUT2D eigenvalue weighted by Gasteiger charge is -2.30. The van der Waals surface area contributed by atoms with Gasteiger partial charge in [-0.3, -0.25) is 4.99 Å². The van der Waals surface area contributed by atoms with Crippen LogP contribution in [0.5, 0.6) is 0 Å². The molecule has 2 rings (SSSR count). The topological polar surface area (TPSA) is 35.8 Å². The summed E-state index contributed by atoms with van der Waals surface area (Å²) in [5, 5.41) is 3.49. The molecule has 0 bridgehead atoms. The Bertz CT molecular complexity index is 506. The number of halogens is 1. The minimum atomic E-state index is 0. The Kier molecular flexibility index (Phi) is 10.5. The number of nitrogens with zero attached hydrogens (tertiary/aromatic N) is 4. The van der Waals surface area contributed by atoms with Gasteiger partial charge in [-0.05, 0) is 63.4 Å². The third kappa shape index (κ3) is 7.56. The van der Waals surface area contributed by atoms with Gasteiger partial charge < -0.3 is 19.7 Å². The molecule has 1 N–H and O–H groups in total. The highest BCUT2D eigenvalue weighted by molar-refractivity contribution is 14.0. The zero-order chi connectivity index (χ0) is 17.4. The average molecular weight is 461 g/mol. The molecule has 1 aromatic heterocycles. The summed E-state index contributed by atoms with van der Waals surface area (Å²) in [4.78, 5) is 9.21. The molecule has 144 valence electrons. The van der Waals surface area contributed by atoms with Gasteiger partial charge in [-0.25, -0.2) is 0 Å². The van der Waals surface area contributed by atoms with Gasteiger partial charge in [0.15, 0.2) is 5.96 Å². The molecule has 1 aromatic rings. The lowest BCUT2D eigenvalue weighted by atomic mass is 9.99. The van der Waals surface area contributed by atoms with Crippen LogP contribution in [-0.2, 0) is 13.6 Å². The minimum absolute atomic E-state index is 0. The molecule has 1 aliphatic rings.